The number of hydrogen-bond acceptors (Lipinski definition) is 4. The summed E-state index contributed by atoms with van der Waals surface area (Å²) in [5.74, 6) is 0. The fourth-order valence-electron chi connectivity index (χ4n) is 6.26. The van der Waals surface area contributed by atoms with Crippen molar-refractivity contribution in [1.82, 2.24) is 9.80 Å². The summed E-state index contributed by atoms with van der Waals surface area (Å²) in [6.45, 7) is 15.4. The first-order valence-electron chi connectivity index (χ1n) is 14.3. The van der Waals surface area contributed by atoms with Gasteiger partial charge >= 0.3 is 21.1 Å². The molecule has 0 amide bonds. The minimum absolute atomic E-state index is 0. The minimum Gasteiger partial charge on any atom is -0.510 e. The van der Waals surface area contributed by atoms with Crippen molar-refractivity contribution >= 4 is 40.2 Å². The van der Waals surface area contributed by atoms with Crippen LogP contribution in [0, 0.1) is 46.2 Å². The maximum absolute atomic E-state index is 3.87. The summed E-state index contributed by atoms with van der Waals surface area (Å²) < 4.78 is 0. The molecule has 214 valence electrons. The molecule has 4 aromatic carbocycles. The zero-order chi connectivity index (χ0) is 28.9. The van der Waals surface area contributed by atoms with Crippen LogP contribution in [0.1, 0.15) is 36.1 Å². The van der Waals surface area contributed by atoms with E-state index in [4.69, 9.17) is 0 Å². The summed E-state index contributed by atoms with van der Waals surface area (Å²) in [6, 6.07) is 33.9. The standard InChI is InChI=1S/C36H37BN4.Pt/c1-26-20-27(2)35(28(3)21-26)37(29-12-10-14-31(22-29)40-19-18-38(6)24-40)30-13-11-15-32(23-30)41-25-39(7)36(4,5)33-16-8-9-17-34(33)41;/h8-21,24-25H,1-7H3;/q-4;+4. The molecule has 0 unspecified atom stereocenters. The number of hydrogen-bond donors (Lipinski definition) is 0. The Balaban J connectivity index is 0.00000353. The van der Waals surface area contributed by atoms with Gasteiger partial charge in [0.05, 0.1) is 0 Å². The van der Waals surface area contributed by atoms with Crippen molar-refractivity contribution in [2.24, 2.45) is 0 Å². The molecule has 0 saturated carbocycles. The SMILES string of the molecule is Cc1cc(C)c(B(c2[c-]c(N3C=CN(C)[CH-]3)ccc2)c2[c-]c(N3[CH-]N(C)C(C)(C)c4ccccc43)ccc2)c(C)c1.[Pt+4]. The average Bonchev–Trinajstić information content (AvgIpc) is 3.39. The Morgan fingerprint density at radius 3 is 2.00 bits per heavy atom. The molecule has 4 aromatic rings. The summed E-state index contributed by atoms with van der Waals surface area (Å²) in [4.78, 5) is 8.73. The molecule has 6 heteroatoms. The number of aryl methyl sites for hydroxylation is 3. The maximum atomic E-state index is 3.87. The molecule has 0 saturated heterocycles. The maximum Gasteiger partial charge on any atom is 4.00 e. The van der Waals surface area contributed by atoms with Crippen LogP contribution in [-0.4, -0.2) is 30.6 Å². The predicted molar refractivity (Wildman–Crippen MR) is 173 cm³/mol. The van der Waals surface area contributed by atoms with E-state index >= 15 is 0 Å². The molecule has 4 nitrogen and oxygen atoms in total. The molecule has 0 N–H and O–H groups in total. The first-order valence-corrected chi connectivity index (χ1v) is 14.3. The van der Waals surface area contributed by atoms with E-state index in [0.717, 1.165) is 22.3 Å². The molecule has 0 atom stereocenters. The van der Waals surface area contributed by atoms with E-state index in [1.54, 1.807) is 0 Å². The molecule has 0 radical (unpaired) electrons. The van der Waals surface area contributed by atoms with Crippen LogP contribution < -0.4 is 26.2 Å². The molecular formula is C36H37BN4Pt. The monoisotopic (exact) mass is 731 g/mol. The van der Waals surface area contributed by atoms with Crippen LogP contribution in [0.4, 0.5) is 17.1 Å². The van der Waals surface area contributed by atoms with Gasteiger partial charge in [0.15, 0.2) is 6.71 Å². The number of anilines is 3. The summed E-state index contributed by atoms with van der Waals surface area (Å²) in [5.41, 5.74) is 11.9. The number of fused-ring (bicyclic) bond motifs is 1. The van der Waals surface area contributed by atoms with E-state index in [-0.39, 0.29) is 33.3 Å². The van der Waals surface area contributed by atoms with E-state index < -0.39 is 0 Å². The molecule has 2 aliphatic rings. The van der Waals surface area contributed by atoms with E-state index in [2.05, 4.69) is 172 Å². The van der Waals surface area contributed by atoms with Crippen LogP contribution in [-0.2, 0) is 26.6 Å². The molecule has 2 aliphatic heterocycles. The van der Waals surface area contributed by atoms with Crippen LogP contribution in [0.2, 0.25) is 0 Å². The van der Waals surface area contributed by atoms with Crippen molar-refractivity contribution < 1.29 is 21.1 Å². The quantitative estimate of drug-likeness (QED) is 0.199. The van der Waals surface area contributed by atoms with Gasteiger partial charge in [0.1, 0.15) is 0 Å². The van der Waals surface area contributed by atoms with Crippen LogP contribution >= 0.6 is 0 Å². The van der Waals surface area contributed by atoms with Crippen LogP contribution in [0.5, 0.6) is 0 Å². The van der Waals surface area contributed by atoms with Gasteiger partial charge in [0.2, 0.25) is 0 Å². The largest absolute Gasteiger partial charge is 4.00 e. The van der Waals surface area contributed by atoms with Gasteiger partial charge in [-0.15, -0.1) is 11.4 Å². The fourth-order valence-corrected chi connectivity index (χ4v) is 6.26. The van der Waals surface area contributed by atoms with Crippen molar-refractivity contribution in [2.75, 3.05) is 23.9 Å². The smallest absolute Gasteiger partial charge is 0.510 e. The zero-order valence-electron chi connectivity index (χ0n) is 25.4. The zero-order valence-corrected chi connectivity index (χ0v) is 27.7. The molecule has 0 spiro atoms. The van der Waals surface area contributed by atoms with Crippen molar-refractivity contribution in [1.29, 1.82) is 0 Å². The van der Waals surface area contributed by atoms with Gasteiger partial charge in [-0.2, -0.15) is 72.8 Å². The molecule has 6 rings (SSSR count). The Labute approximate surface area is 267 Å². The van der Waals surface area contributed by atoms with Crippen molar-refractivity contribution in [3.05, 3.63) is 133 Å². The first kappa shape index (κ1) is 30.2. The van der Waals surface area contributed by atoms with Crippen LogP contribution in [0.15, 0.2) is 85.2 Å². The molecule has 42 heavy (non-hydrogen) atoms. The predicted octanol–water partition coefficient (Wildman–Crippen LogP) is 5.51. The van der Waals surface area contributed by atoms with Gasteiger partial charge in [0.25, 0.3) is 0 Å². The molecule has 0 bridgehead atoms. The van der Waals surface area contributed by atoms with Crippen molar-refractivity contribution in [2.45, 2.75) is 40.2 Å². The van der Waals surface area contributed by atoms with Crippen LogP contribution in [0.3, 0.4) is 0 Å². The Kier molecular flexibility index (Phi) is 8.47. The summed E-state index contributed by atoms with van der Waals surface area (Å²) in [5, 5.41) is 0. The molecule has 0 aromatic heterocycles. The second-order valence-electron chi connectivity index (χ2n) is 11.9. The van der Waals surface area contributed by atoms with Gasteiger partial charge in [0, 0.05) is 11.2 Å². The third-order valence-corrected chi connectivity index (χ3v) is 8.55. The molecule has 2 heterocycles. The van der Waals surface area contributed by atoms with Crippen LogP contribution in [0.25, 0.3) is 0 Å². The number of para-hydroxylation sites is 1. The summed E-state index contributed by atoms with van der Waals surface area (Å²) in [6.07, 6.45) is 4.12. The Hall–Kier alpha value is -3.27. The molecular weight excluding hydrogens is 694 g/mol. The van der Waals surface area contributed by atoms with Gasteiger partial charge < -0.3 is 19.6 Å². The topological polar surface area (TPSA) is 13.0 Å². The van der Waals surface area contributed by atoms with E-state index in [1.807, 2.05) is 7.05 Å². The molecule has 0 fully saturated rings. The normalized spacial score (nSPS) is 15.9. The van der Waals surface area contributed by atoms with Crippen molar-refractivity contribution in [3.63, 3.8) is 0 Å². The number of nitrogens with zero attached hydrogens (tertiary/aromatic N) is 4. The number of benzene rings is 4. The Morgan fingerprint density at radius 2 is 1.36 bits per heavy atom. The Bertz CT molecular complexity index is 1610. The van der Waals surface area contributed by atoms with Gasteiger partial charge in [-0.25, -0.2) is 0 Å². The van der Waals surface area contributed by atoms with Gasteiger partial charge in [-0.1, -0.05) is 52.5 Å². The van der Waals surface area contributed by atoms with Gasteiger partial charge in [-0.3, -0.25) is 0 Å². The van der Waals surface area contributed by atoms with E-state index in [1.165, 1.54) is 33.4 Å². The third-order valence-electron chi connectivity index (χ3n) is 8.55. The van der Waals surface area contributed by atoms with E-state index in [9.17, 15) is 0 Å². The first-order chi connectivity index (χ1) is 19.6. The summed E-state index contributed by atoms with van der Waals surface area (Å²) >= 11 is 0. The number of rotatable bonds is 5. The third kappa shape index (κ3) is 5.45. The summed E-state index contributed by atoms with van der Waals surface area (Å²) in [7, 11) is 4.19. The molecule has 0 aliphatic carbocycles. The Morgan fingerprint density at radius 1 is 0.738 bits per heavy atom. The van der Waals surface area contributed by atoms with Gasteiger partial charge in [-0.05, 0) is 72.7 Å². The van der Waals surface area contributed by atoms with E-state index in [0.29, 0.717) is 0 Å². The second-order valence-corrected chi connectivity index (χ2v) is 11.9. The van der Waals surface area contributed by atoms with Crippen molar-refractivity contribution in [3.8, 4) is 0 Å². The fraction of sp³-hybridized carbons (Fsp3) is 0.222. The minimum atomic E-state index is -0.103. The second kappa shape index (κ2) is 11.8. The average molecular weight is 732 g/mol.